The molecule has 1 unspecified atom stereocenters. The largest absolute Gasteiger partial charge is 0.496 e. The van der Waals surface area contributed by atoms with Gasteiger partial charge in [-0.25, -0.2) is 4.98 Å². The number of pyridine rings is 1. The van der Waals surface area contributed by atoms with Crippen LogP contribution in [0, 0.1) is 0 Å². The minimum absolute atomic E-state index is 0.179. The number of aliphatic hydroxyl groups excluding tert-OH is 1. The highest BCUT2D eigenvalue weighted by Crippen LogP contribution is 2.36. The second kappa shape index (κ2) is 9.11. The number of piperazine rings is 1. The van der Waals surface area contributed by atoms with Crippen molar-refractivity contribution in [2.24, 2.45) is 0 Å². The molecule has 2 N–H and O–H groups in total. The van der Waals surface area contributed by atoms with Gasteiger partial charge in [-0.3, -0.25) is 0 Å². The van der Waals surface area contributed by atoms with E-state index in [1.165, 1.54) is 10.1 Å². The first-order valence-electron chi connectivity index (χ1n) is 10.4. The lowest BCUT2D eigenvalue weighted by Gasteiger charge is -2.37. The van der Waals surface area contributed by atoms with Crippen molar-refractivity contribution >= 4 is 27.2 Å². The summed E-state index contributed by atoms with van der Waals surface area (Å²) in [5.41, 5.74) is 3.20. The van der Waals surface area contributed by atoms with Gasteiger partial charge in [0, 0.05) is 37.8 Å². The zero-order chi connectivity index (χ0) is 20.2. The number of methoxy groups -OCH3 is 1. The highest BCUT2D eigenvalue weighted by Gasteiger charge is 2.24. The van der Waals surface area contributed by atoms with Gasteiger partial charge in [-0.05, 0) is 65.9 Å². The normalized spacial score (nSPS) is 17.1. The maximum absolute atomic E-state index is 9.24. The number of nitrogens with one attached hydrogen (secondary N) is 1. The minimum atomic E-state index is 0.179. The van der Waals surface area contributed by atoms with Crippen LogP contribution in [0.15, 0.2) is 35.7 Å². The lowest BCUT2D eigenvalue weighted by Crippen LogP contribution is -2.51. The second-order valence-electron chi connectivity index (χ2n) is 7.48. The van der Waals surface area contributed by atoms with Crippen LogP contribution in [0.3, 0.4) is 0 Å². The molecule has 1 fully saturated rings. The lowest BCUT2D eigenvalue weighted by molar-refractivity contribution is 0.287. The summed E-state index contributed by atoms with van der Waals surface area (Å²) < 4.78 is 6.79. The summed E-state index contributed by atoms with van der Waals surface area (Å²) in [4.78, 5) is 7.64. The fourth-order valence-corrected chi connectivity index (χ4v) is 4.99. The van der Waals surface area contributed by atoms with Crippen molar-refractivity contribution in [3.05, 3.63) is 41.3 Å². The summed E-state index contributed by atoms with van der Waals surface area (Å²) in [6.45, 7) is 5.40. The van der Waals surface area contributed by atoms with E-state index in [1.54, 1.807) is 18.4 Å². The Morgan fingerprint density at radius 2 is 2.21 bits per heavy atom. The Hall–Kier alpha value is -2.15. The van der Waals surface area contributed by atoms with Crippen LogP contribution in [0.25, 0.3) is 21.3 Å². The maximum atomic E-state index is 9.24. The van der Waals surface area contributed by atoms with Crippen molar-refractivity contribution in [3.8, 4) is 17.0 Å². The monoisotopic (exact) mass is 411 g/mol. The Balaban J connectivity index is 1.79. The van der Waals surface area contributed by atoms with Crippen LogP contribution in [0.2, 0.25) is 0 Å². The molecule has 29 heavy (non-hydrogen) atoms. The molecule has 6 heteroatoms. The van der Waals surface area contributed by atoms with Crippen molar-refractivity contribution in [2.75, 3.05) is 38.3 Å². The Bertz CT molecular complexity index is 972. The first-order chi connectivity index (χ1) is 14.2. The van der Waals surface area contributed by atoms with Gasteiger partial charge in [0.25, 0.3) is 0 Å². The quantitative estimate of drug-likeness (QED) is 0.613. The molecule has 5 nitrogen and oxygen atoms in total. The molecule has 0 saturated carbocycles. The number of aliphatic hydroxyl groups is 1. The number of aromatic nitrogens is 1. The maximum Gasteiger partial charge on any atom is 0.147 e. The molecule has 0 spiro atoms. The average Bonchev–Trinajstić information content (AvgIpc) is 3.25. The number of hydrogen-bond donors (Lipinski definition) is 2. The highest BCUT2D eigenvalue weighted by molar-refractivity contribution is 7.17. The highest BCUT2D eigenvalue weighted by atomic mass is 32.1. The number of hydrogen-bond acceptors (Lipinski definition) is 6. The van der Waals surface area contributed by atoms with E-state index >= 15 is 0 Å². The van der Waals surface area contributed by atoms with Crippen LogP contribution >= 0.6 is 11.3 Å². The van der Waals surface area contributed by atoms with E-state index in [0.717, 1.165) is 67.3 Å². The van der Waals surface area contributed by atoms with Gasteiger partial charge in [0.1, 0.15) is 11.6 Å². The topological polar surface area (TPSA) is 57.6 Å². The van der Waals surface area contributed by atoms with Crippen LogP contribution in [0.5, 0.6) is 5.75 Å². The summed E-state index contributed by atoms with van der Waals surface area (Å²) >= 11 is 1.77. The number of nitrogens with zero attached hydrogens (tertiary/aromatic N) is 2. The summed E-state index contributed by atoms with van der Waals surface area (Å²) in [5.74, 6) is 1.97. The van der Waals surface area contributed by atoms with Crippen LogP contribution in [0.4, 0.5) is 5.82 Å². The van der Waals surface area contributed by atoms with Gasteiger partial charge in [-0.15, -0.1) is 11.3 Å². The van der Waals surface area contributed by atoms with Crippen LogP contribution in [-0.4, -0.2) is 49.5 Å². The van der Waals surface area contributed by atoms with Gasteiger partial charge < -0.3 is 20.1 Å². The van der Waals surface area contributed by atoms with Crippen LogP contribution in [0.1, 0.15) is 25.3 Å². The smallest absolute Gasteiger partial charge is 0.147 e. The molecule has 3 aromatic rings. The summed E-state index contributed by atoms with van der Waals surface area (Å²) in [6.07, 6.45) is 2.61. The fourth-order valence-electron chi connectivity index (χ4n) is 4.11. The van der Waals surface area contributed by atoms with Gasteiger partial charge in [-0.1, -0.05) is 6.92 Å². The van der Waals surface area contributed by atoms with Crippen LogP contribution < -0.4 is 15.0 Å². The van der Waals surface area contributed by atoms with E-state index in [9.17, 15) is 5.11 Å². The number of rotatable bonds is 7. The molecule has 1 saturated heterocycles. The third kappa shape index (κ3) is 4.10. The van der Waals surface area contributed by atoms with E-state index < -0.39 is 0 Å². The molecule has 0 aliphatic carbocycles. The lowest BCUT2D eigenvalue weighted by atomic mass is 10.0. The molecular formula is C23H29N3O2S. The van der Waals surface area contributed by atoms with Crippen molar-refractivity contribution < 1.29 is 9.84 Å². The molecule has 4 rings (SSSR count). The Morgan fingerprint density at radius 1 is 1.31 bits per heavy atom. The van der Waals surface area contributed by atoms with Crippen molar-refractivity contribution in [1.82, 2.24) is 10.3 Å². The fraction of sp³-hybridized carbons (Fsp3) is 0.435. The number of thiophene rings is 1. The predicted octanol–water partition coefficient (Wildman–Crippen LogP) is 4.09. The number of fused-ring (bicyclic) bond motifs is 1. The summed E-state index contributed by atoms with van der Waals surface area (Å²) in [5, 5.41) is 16.2. The molecule has 1 aromatic carbocycles. The molecular weight excluding hydrogens is 382 g/mol. The van der Waals surface area contributed by atoms with E-state index in [4.69, 9.17) is 9.72 Å². The molecule has 0 amide bonds. The number of ether oxygens (including phenoxy) is 1. The molecule has 0 radical (unpaired) electrons. The first kappa shape index (κ1) is 20.1. The zero-order valence-electron chi connectivity index (χ0n) is 17.1. The third-order valence-corrected chi connectivity index (χ3v) is 6.62. The number of anilines is 1. The molecule has 1 atom stereocenters. The third-order valence-electron chi connectivity index (χ3n) is 5.69. The average molecular weight is 412 g/mol. The molecule has 3 heterocycles. The van der Waals surface area contributed by atoms with E-state index in [2.05, 4.69) is 46.8 Å². The van der Waals surface area contributed by atoms with Crippen molar-refractivity contribution in [3.63, 3.8) is 0 Å². The van der Waals surface area contributed by atoms with Gasteiger partial charge in [0.05, 0.1) is 17.5 Å². The van der Waals surface area contributed by atoms with Crippen LogP contribution in [-0.2, 0) is 6.42 Å². The van der Waals surface area contributed by atoms with E-state index in [-0.39, 0.29) is 6.61 Å². The standard InChI is InChI=1S/C23H29N3O2S/c1-3-19-15-24-9-10-26(19)23-22-18(8-12-29-22)14-20(25-23)16-6-7-21(28-2)17(13-16)5-4-11-27/h6-8,12-14,19,24,27H,3-5,9-11,15H2,1-2H3. The second-order valence-corrected chi connectivity index (χ2v) is 8.40. The van der Waals surface area contributed by atoms with Gasteiger partial charge >= 0.3 is 0 Å². The Kier molecular flexibility index (Phi) is 6.33. The number of aryl methyl sites for hydroxylation is 1. The summed E-state index contributed by atoms with van der Waals surface area (Å²) in [7, 11) is 1.69. The first-order valence-corrected chi connectivity index (χ1v) is 11.3. The van der Waals surface area contributed by atoms with E-state index in [0.29, 0.717) is 6.04 Å². The minimum Gasteiger partial charge on any atom is -0.496 e. The predicted molar refractivity (Wildman–Crippen MR) is 121 cm³/mol. The van der Waals surface area contributed by atoms with Crippen molar-refractivity contribution in [2.45, 2.75) is 32.2 Å². The van der Waals surface area contributed by atoms with Crippen molar-refractivity contribution in [1.29, 1.82) is 0 Å². The molecule has 2 aromatic heterocycles. The molecule has 1 aliphatic rings. The zero-order valence-corrected chi connectivity index (χ0v) is 18.0. The van der Waals surface area contributed by atoms with Gasteiger partial charge in [0.2, 0.25) is 0 Å². The SMILES string of the molecule is CCC1CNCCN1c1nc(-c2ccc(OC)c(CCCO)c2)cc2ccsc12. The molecule has 1 aliphatic heterocycles. The Morgan fingerprint density at radius 3 is 3.00 bits per heavy atom. The molecule has 154 valence electrons. The van der Waals surface area contributed by atoms with Gasteiger partial charge in [0.15, 0.2) is 0 Å². The summed E-state index contributed by atoms with van der Waals surface area (Å²) in [6, 6.07) is 11.1. The Labute approximate surface area is 176 Å². The number of benzene rings is 1. The van der Waals surface area contributed by atoms with Gasteiger partial charge in [-0.2, -0.15) is 0 Å². The van der Waals surface area contributed by atoms with E-state index in [1.807, 2.05) is 6.07 Å². The molecule has 0 bridgehead atoms.